The highest BCUT2D eigenvalue weighted by Gasteiger charge is 2.35. The lowest BCUT2D eigenvalue weighted by Crippen LogP contribution is -2.39. The molecular weight excluding hydrogens is 292 g/mol. The van der Waals surface area contributed by atoms with Crippen LogP contribution in [0.5, 0.6) is 0 Å². The lowest BCUT2D eigenvalue weighted by atomic mass is 10.0. The molecule has 0 amide bonds. The van der Waals surface area contributed by atoms with Gasteiger partial charge in [-0.15, -0.1) is 22.7 Å². The molecule has 0 fully saturated rings. The number of hydrogen-bond acceptors (Lipinski definition) is 5. The van der Waals surface area contributed by atoms with Gasteiger partial charge in [0.1, 0.15) is 5.15 Å². The van der Waals surface area contributed by atoms with E-state index in [4.69, 9.17) is 11.6 Å². The third kappa shape index (κ3) is 1.90. The molecule has 2 aromatic heterocycles. The summed E-state index contributed by atoms with van der Waals surface area (Å²) >= 11 is 8.81. The number of thiazole rings is 1. The third-order valence-electron chi connectivity index (χ3n) is 2.91. The highest BCUT2D eigenvalue weighted by molar-refractivity contribution is 7.14. The zero-order valence-corrected chi connectivity index (χ0v) is 11.6. The highest BCUT2D eigenvalue weighted by Crippen LogP contribution is 2.38. The van der Waals surface area contributed by atoms with Crippen molar-refractivity contribution in [1.29, 1.82) is 0 Å². The molecule has 94 valence electrons. The molecular formula is C11H9ClN2O2S2. The third-order valence-corrected chi connectivity index (χ3v) is 5.11. The average molecular weight is 301 g/mol. The average Bonchev–Trinajstić information content (AvgIpc) is 2.95. The van der Waals surface area contributed by atoms with Gasteiger partial charge >= 0.3 is 5.97 Å². The predicted molar refractivity (Wildman–Crippen MR) is 72.9 cm³/mol. The molecule has 0 spiro atoms. The topological polar surface area (TPSA) is 53.4 Å². The van der Waals surface area contributed by atoms with Crippen molar-refractivity contribution in [3.05, 3.63) is 32.4 Å². The first-order valence-electron chi connectivity index (χ1n) is 5.33. The number of carbonyl (C=O) groups is 1. The Kier molecular flexibility index (Phi) is 3.01. The van der Waals surface area contributed by atoms with Crippen LogP contribution in [0.2, 0.25) is 5.15 Å². The van der Waals surface area contributed by atoms with Crippen LogP contribution in [0.25, 0.3) is 0 Å². The van der Waals surface area contributed by atoms with Crippen LogP contribution in [-0.2, 0) is 11.2 Å². The van der Waals surface area contributed by atoms with E-state index in [0.29, 0.717) is 16.8 Å². The van der Waals surface area contributed by atoms with Gasteiger partial charge in [0.15, 0.2) is 11.2 Å². The van der Waals surface area contributed by atoms with E-state index in [9.17, 15) is 9.90 Å². The number of fused-ring (bicyclic) bond motifs is 1. The Morgan fingerprint density at radius 2 is 2.39 bits per heavy atom. The van der Waals surface area contributed by atoms with Crippen LogP contribution >= 0.6 is 34.3 Å². The lowest BCUT2D eigenvalue weighted by molar-refractivity contribution is -0.138. The van der Waals surface area contributed by atoms with Crippen LogP contribution in [0.3, 0.4) is 0 Å². The maximum atomic E-state index is 11.5. The van der Waals surface area contributed by atoms with E-state index in [0.717, 1.165) is 16.9 Å². The Morgan fingerprint density at radius 3 is 3.06 bits per heavy atom. The zero-order valence-electron chi connectivity index (χ0n) is 9.17. The molecule has 1 N–H and O–H groups in total. The number of carboxylic acids is 1. The maximum absolute atomic E-state index is 11.5. The van der Waals surface area contributed by atoms with Gasteiger partial charge in [-0.1, -0.05) is 11.6 Å². The maximum Gasteiger partial charge on any atom is 0.331 e. The van der Waals surface area contributed by atoms with Crippen molar-refractivity contribution in [2.45, 2.75) is 12.5 Å². The molecule has 2 aromatic rings. The van der Waals surface area contributed by atoms with E-state index in [1.165, 1.54) is 11.3 Å². The van der Waals surface area contributed by atoms with Crippen LogP contribution in [0.15, 0.2) is 16.8 Å². The molecule has 18 heavy (non-hydrogen) atoms. The van der Waals surface area contributed by atoms with Gasteiger partial charge < -0.3 is 10.0 Å². The normalized spacial score (nSPS) is 18.7. The molecule has 1 aliphatic rings. The fraction of sp³-hybridized carbons (Fsp3) is 0.273. The zero-order chi connectivity index (χ0) is 12.7. The van der Waals surface area contributed by atoms with E-state index in [1.807, 2.05) is 16.3 Å². The second-order valence-electron chi connectivity index (χ2n) is 3.94. The summed E-state index contributed by atoms with van der Waals surface area (Å²) in [6, 6.07) is 1.24. The quantitative estimate of drug-likeness (QED) is 0.926. The summed E-state index contributed by atoms with van der Waals surface area (Å²) in [5.74, 6) is -0.847. The van der Waals surface area contributed by atoms with Crippen molar-refractivity contribution in [2.75, 3.05) is 11.4 Å². The standard InChI is InChI=1S/C11H9ClN2O2S2/c12-8-5-18-11(13-8)14-3-1-7-6(2-4-17-7)9(14)10(15)16/h2,4-5,9H,1,3H2,(H,15,16). The second kappa shape index (κ2) is 4.53. The Labute approximate surface area is 116 Å². The lowest BCUT2D eigenvalue weighted by Gasteiger charge is -2.32. The number of anilines is 1. The van der Waals surface area contributed by atoms with Crippen molar-refractivity contribution in [3.8, 4) is 0 Å². The predicted octanol–water partition coefficient (Wildman–Crippen LogP) is 3.05. The van der Waals surface area contributed by atoms with Gasteiger partial charge in [0.2, 0.25) is 0 Å². The van der Waals surface area contributed by atoms with Crippen molar-refractivity contribution in [3.63, 3.8) is 0 Å². The summed E-state index contributed by atoms with van der Waals surface area (Å²) in [6.07, 6.45) is 0.855. The van der Waals surface area contributed by atoms with Gasteiger partial charge in [-0.05, 0) is 23.4 Å². The van der Waals surface area contributed by atoms with Crippen molar-refractivity contribution < 1.29 is 9.90 Å². The molecule has 1 aliphatic heterocycles. The van der Waals surface area contributed by atoms with Crippen LogP contribution in [0.4, 0.5) is 5.13 Å². The molecule has 4 nitrogen and oxygen atoms in total. The number of carboxylic acid groups (broad SMARTS) is 1. The molecule has 7 heteroatoms. The molecule has 0 radical (unpaired) electrons. The van der Waals surface area contributed by atoms with E-state index in [2.05, 4.69) is 4.98 Å². The molecule has 3 rings (SSSR count). The van der Waals surface area contributed by atoms with Gasteiger partial charge in [-0.3, -0.25) is 0 Å². The smallest absolute Gasteiger partial charge is 0.331 e. The van der Waals surface area contributed by atoms with Gasteiger partial charge in [0.25, 0.3) is 0 Å². The number of aliphatic carboxylic acids is 1. The van der Waals surface area contributed by atoms with E-state index in [1.54, 1.807) is 16.7 Å². The molecule has 0 aliphatic carbocycles. The fourth-order valence-electron chi connectivity index (χ4n) is 2.17. The van der Waals surface area contributed by atoms with Gasteiger partial charge in [-0.25, -0.2) is 9.78 Å². The summed E-state index contributed by atoms with van der Waals surface area (Å²) in [5.41, 5.74) is 0.880. The Hall–Kier alpha value is -1.11. The molecule has 3 heterocycles. The van der Waals surface area contributed by atoms with Gasteiger partial charge in [0, 0.05) is 16.8 Å². The largest absolute Gasteiger partial charge is 0.479 e. The Balaban J connectivity index is 2.03. The first kappa shape index (κ1) is 12.0. The number of halogens is 1. The van der Waals surface area contributed by atoms with Crippen molar-refractivity contribution in [2.24, 2.45) is 0 Å². The molecule has 1 unspecified atom stereocenters. The van der Waals surface area contributed by atoms with Crippen LogP contribution in [0, 0.1) is 0 Å². The minimum absolute atomic E-state index is 0.412. The van der Waals surface area contributed by atoms with E-state index in [-0.39, 0.29) is 0 Å². The molecule has 0 aromatic carbocycles. The summed E-state index contributed by atoms with van der Waals surface area (Å²) in [6.45, 7) is 0.661. The first-order chi connectivity index (χ1) is 8.66. The van der Waals surface area contributed by atoms with Crippen molar-refractivity contribution in [1.82, 2.24) is 4.98 Å². The number of thiophene rings is 1. The Bertz CT molecular complexity index is 595. The van der Waals surface area contributed by atoms with E-state index >= 15 is 0 Å². The second-order valence-corrected chi connectivity index (χ2v) is 6.16. The summed E-state index contributed by atoms with van der Waals surface area (Å²) in [5, 5.41) is 14.2. The molecule has 0 saturated heterocycles. The Morgan fingerprint density at radius 1 is 1.56 bits per heavy atom. The van der Waals surface area contributed by atoms with Crippen LogP contribution < -0.4 is 4.90 Å². The number of rotatable bonds is 2. The van der Waals surface area contributed by atoms with Crippen LogP contribution in [-0.4, -0.2) is 22.6 Å². The molecule has 0 bridgehead atoms. The summed E-state index contributed by atoms with van der Waals surface area (Å²) in [7, 11) is 0. The van der Waals surface area contributed by atoms with Gasteiger partial charge in [-0.2, -0.15) is 0 Å². The number of aromatic nitrogens is 1. The van der Waals surface area contributed by atoms with Crippen LogP contribution in [0.1, 0.15) is 16.5 Å². The first-order valence-corrected chi connectivity index (χ1v) is 7.47. The minimum atomic E-state index is -0.847. The highest BCUT2D eigenvalue weighted by atomic mass is 35.5. The summed E-state index contributed by atoms with van der Waals surface area (Å²) in [4.78, 5) is 18.7. The van der Waals surface area contributed by atoms with E-state index < -0.39 is 12.0 Å². The summed E-state index contributed by atoms with van der Waals surface area (Å²) < 4.78 is 0. The van der Waals surface area contributed by atoms with Crippen molar-refractivity contribution >= 4 is 45.4 Å². The molecule has 1 atom stereocenters. The van der Waals surface area contributed by atoms with Gasteiger partial charge in [0.05, 0.1) is 0 Å². The number of nitrogens with zero attached hydrogens (tertiary/aromatic N) is 2. The molecule has 0 saturated carbocycles. The SMILES string of the molecule is O=C(O)C1c2ccsc2CCN1c1nc(Cl)cs1. The monoisotopic (exact) mass is 300 g/mol. The number of hydrogen-bond donors (Lipinski definition) is 1. The minimum Gasteiger partial charge on any atom is -0.479 e. The fourth-order valence-corrected chi connectivity index (χ4v) is 4.07.